The van der Waals surface area contributed by atoms with E-state index in [0.29, 0.717) is 126 Å². The second-order valence-electron chi connectivity index (χ2n) is 7.51. The minimum absolute atomic E-state index is 0.0738. The van der Waals surface area contributed by atoms with Crippen LogP contribution in [0.25, 0.3) is 0 Å². The molecule has 0 N–H and O–H groups in total. The van der Waals surface area contributed by atoms with Crippen LogP contribution in [0.2, 0.25) is 0 Å². The summed E-state index contributed by atoms with van der Waals surface area (Å²) in [4.78, 5) is 21.6. The van der Waals surface area contributed by atoms with E-state index in [9.17, 15) is 9.59 Å². The summed E-state index contributed by atoms with van der Waals surface area (Å²) in [5.74, 6) is -0.874. The first kappa shape index (κ1) is 38.3. The summed E-state index contributed by atoms with van der Waals surface area (Å²) >= 11 is 0. The maximum absolute atomic E-state index is 10.8. The highest BCUT2D eigenvalue weighted by Crippen LogP contribution is 1.87. The van der Waals surface area contributed by atoms with Crippen molar-refractivity contribution in [2.75, 3.05) is 146 Å². The maximum atomic E-state index is 10.8. The summed E-state index contributed by atoms with van der Waals surface area (Å²) in [5, 5.41) is 0. The first-order chi connectivity index (χ1) is 19.7. The molecule has 0 fully saturated rings. The summed E-state index contributed by atoms with van der Waals surface area (Å²) in [6.07, 6.45) is 1.11. The molecule has 0 rings (SSSR count). The maximum Gasteiger partial charge on any atom is 0.331 e. The van der Waals surface area contributed by atoms with Crippen molar-refractivity contribution in [2.24, 2.45) is 0 Å². The van der Waals surface area contributed by atoms with E-state index >= 15 is 0 Å². The molecule has 0 aliphatic rings. The van der Waals surface area contributed by atoms with Gasteiger partial charge in [-0.2, -0.15) is 0 Å². The minimum Gasteiger partial charge on any atom is -0.467 e. The highest BCUT2D eigenvalue weighted by Gasteiger charge is 1.99. The predicted molar refractivity (Wildman–Crippen MR) is 141 cm³/mol. The Morgan fingerprint density at radius 3 is 0.950 bits per heavy atom. The second-order valence-corrected chi connectivity index (χ2v) is 7.51. The molecule has 0 saturated carbocycles. The van der Waals surface area contributed by atoms with Gasteiger partial charge >= 0.3 is 11.9 Å². The van der Waals surface area contributed by atoms with Gasteiger partial charge in [-0.05, 0) is 0 Å². The zero-order chi connectivity index (χ0) is 29.2. The predicted octanol–water partition coefficient (Wildman–Crippen LogP) is 0.0546. The quantitative estimate of drug-likeness (QED) is 0.0582. The zero-order valence-electron chi connectivity index (χ0n) is 23.8. The molecule has 0 radical (unpaired) electrons. The van der Waals surface area contributed by atoms with Gasteiger partial charge in [-0.3, -0.25) is 0 Å². The molecule has 0 aliphatic heterocycles. The van der Waals surface area contributed by atoms with Gasteiger partial charge in [0.2, 0.25) is 0 Å². The number of methoxy groups -OCH3 is 1. The number of rotatable bonds is 33. The third-order valence-corrected chi connectivity index (χ3v) is 4.43. The summed E-state index contributed by atoms with van der Waals surface area (Å²) < 4.78 is 62.7. The fourth-order valence-corrected chi connectivity index (χ4v) is 2.45. The molecule has 0 aromatic carbocycles. The standard InChI is InChI=1S/C26H48O14/c1-3-25(27)40-23-22-38-19-18-36-15-14-34-11-10-32-7-6-30-4-5-31-8-9-33-12-13-35-16-17-37-20-21-39-24-26(28)29-2/h3H,1,4-24H2,2H3. The normalized spacial score (nSPS) is 11.0. The van der Waals surface area contributed by atoms with Crippen LogP contribution >= 0.6 is 0 Å². The molecular weight excluding hydrogens is 536 g/mol. The molecule has 0 bridgehead atoms. The first-order valence-corrected chi connectivity index (χ1v) is 13.3. The smallest absolute Gasteiger partial charge is 0.331 e. The van der Waals surface area contributed by atoms with Crippen molar-refractivity contribution in [3.05, 3.63) is 12.7 Å². The molecule has 0 aromatic heterocycles. The zero-order valence-corrected chi connectivity index (χ0v) is 23.8. The average Bonchev–Trinajstić information content (AvgIpc) is 2.97. The van der Waals surface area contributed by atoms with E-state index in [1.54, 1.807) is 0 Å². The monoisotopic (exact) mass is 584 g/mol. The van der Waals surface area contributed by atoms with Crippen molar-refractivity contribution < 1.29 is 66.4 Å². The van der Waals surface area contributed by atoms with Gasteiger partial charge < -0.3 is 56.8 Å². The molecule has 14 heteroatoms. The molecule has 0 amide bonds. The lowest BCUT2D eigenvalue weighted by atomic mass is 10.6. The summed E-state index contributed by atoms with van der Waals surface area (Å²) in [6, 6.07) is 0. The van der Waals surface area contributed by atoms with Crippen LogP contribution in [0.1, 0.15) is 0 Å². The van der Waals surface area contributed by atoms with E-state index in [-0.39, 0.29) is 13.2 Å². The van der Waals surface area contributed by atoms with Crippen LogP contribution in [0.5, 0.6) is 0 Å². The van der Waals surface area contributed by atoms with Crippen molar-refractivity contribution >= 4 is 11.9 Å². The van der Waals surface area contributed by atoms with Crippen LogP contribution in [0.4, 0.5) is 0 Å². The van der Waals surface area contributed by atoms with Gasteiger partial charge in [-0.1, -0.05) is 6.58 Å². The van der Waals surface area contributed by atoms with Gasteiger partial charge in [0, 0.05) is 6.08 Å². The number of carbonyl (C=O) groups is 2. The van der Waals surface area contributed by atoms with E-state index in [1.165, 1.54) is 7.11 Å². The Labute approximate surface area is 237 Å². The van der Waals surface area contributed by atoms with E-state index in [1.807, 2.05) is 0 Å². The summed E-state index contributed by atoms with van der Waals surface area (Å²) in [5.41, 5.74) is 0. The highest BCUT2D eigenvalue weighted by molar-refractivity contribution is 5.81. The highest BCUT2D eigenvalue weighted by atomic mass is 16.6. The molecule has 0 spiro atoms. The van der Waals surface area contributed by atoms with Crippen molar-refractivity contribution in [1.29, 1.82) is 0 Å². The third kappa shape index (κ3) is 32.5. The van der Waals surface area contributed by atoms with Gasteiger partial charge in [0.15, 0.2) is 0 Å². The fourth-order valence-electron chi connectivity index (χ4n) is 2.45. The van der Waals surface area contributed by atoms with Gasteiger partial charge in [0.05, 0.1) is 133 Å². The molecule has 0 heterocycles. The van der Waals surface area contributed by atoms with Crippen molar-refractivity contribution in [2.45, 2.75) is 0 Å². The number of hydrogen-bond acceptors (Lipinski definition) is 14. The van der Waals surface area contributed by atoms with Gasteiger partial charge in [-0.15, -0.1) is 0 Å². The molecule has 0 saturated heterocycles. The van der Waals surface area contributed by atoms with E-state index in [2.05, 4.69) is 11.3 Å². The lowest BCUT2D eigenvalue weighted by Crippen LogP contribution is -2.16. The Kier molecular flexibility index (Phi) is 32.0. The molecule has 0 atom stereocenters. The van der Waals surface area contributed by atoms with Crippen LogP contribution in [0.15, 0.2) is 12.7 Å². The molecule has 0 aliphatic carbocycles. The molecule has 0 unspecified atom stereocenters. The lowest BCUT2D eigenvalue weighted by Gasteiger charge is -2.09. The Morgan fingerprint density at radius 2 is 0.700 bits per heavy atom. The van der Waals surface area contributed by atoms with E-state index in [0.717, 1.165) is 6.08 Å². The number of carbonyl (C=O) groups excluding carboxylic acids is 2. The number of hydrogen-bond donors (Lipinski definition) is 0. The average molecular weight is 585 g/mol. The number of ether oxygens (including phenoxy) is 12. The van der Waals surface area contributed by atoms with Gasteiger partial charge in [0.1, 0.15) is 13.2 Å². The Bertz CT molecular complexity index is 564. The molecule has 236 valence electrons. The Morgan fingerprint density at radius 1 is 0.450 bits per heavy atom. The van der Waals surface area contributed by atoms with Gasteiger partial charge in [0.25, 0.3) is 0 Å². The Hall–Kier alpha value is -1.72. The van der Waals surface area contributed by atoms with Crippen molar-refractivity contribution in [1.82, 2.24) is 0 Å². The van der Waals surface area contributed by atoms with Crippen LogP contribution in [0, 0.1) is 0 Å². The topological polar surface area (TPSA) is 145 Å². The van der Waals surface area contributed by atoms with E-state index < -0.39 is 11.9 Å². The summed E-state index contributed by atoms with van der Waals surface area (Å²) in [6.45, 7) is 11.9. The lowest BCUT2D eigenvalue weighted by molar-refractivity contribution is -0.146. The molecule has 14 nitrogen and oxygen atoms in total. The van der Waals surface area contributed by atoms with Crippen LogP contribution in [0.3, 0.4) is 0 Å². The largest absolute Gasteiger partial charge is 0.467 e. The van der Waals surface area contributed by atoms with Gasteiger partial charge in [-0.25, -0.2) is 9.59 Å². The summed E-state index contributed by atoms with van der Waals surface area (Å²) in [7, 11) is 1.31. The number of esters is 2. The van der Waals surface area contributed by atoms with Crippen LogP contribution in [-0.4, -0.2) is 158 Å². The van der Waals surface area contributed by atoms with Crippen molar-refractivity contribution in [3.8, 4) is 0 Å². The molecule has 0 aromatic rings. The molecular formula is C26H48O14. The second kappa shape index (κ2) is 33.5. The fraction of sp³-hybridized carbons (Fsp3) is 0.846. The van der Waals surface area contributed by atoms with Crippen LogP contribution < -0.4 is 0 Å². The van der Waals surface area contributed by atoms with E-state index in [4.69, 9.17) is 52.1 Å². The minimum atomic E-state index is -0.463. The van der Waals surface area contributed by atoms with Crippen molar-refractivity contribution in [3.63, 3.8) is 0 Å². The Balaban J connectivity index is 3.06. The SMILES string of the molecule is C=CC(=O)OCCOCCOCCOCCOCCOCCOCCOCCOCCOCCOCC(=O)OC. The molecule has 40 heavy (non-hydrogen) atoms. The first-order valence-electron chi connectivity index (χ1n) is 13.3. The third-order valence-electron chi connectivity index (χ3n) is 4.43. The van der Waals surface area contributed by atoms with Crippen LogP contribution in [-0.2, 0) is 66.4 Å².